The molecule has 2 aromatic rings. The van der Waals surface area contributed by atoms with Gasteiger partial charge in [-0.3, -0.25) is 4.79 Å². The molecule has 1 heterocycles. The first-order valence-electron chi connectivity index (χ1n) is 7.09. The molecule has 0 saturated heterocycles. The fourth-order valence-corrected chi connectivity index (χ4v) is 2.25. The highest BCUT2D eigenvalue weighted by molar-refractivity contribution is 6.09. The number of benzene rings is 2. The van der Waals surface area contributed by atoms with Crippen molar-refractivity contribution >= 4 is 17.4 Å². The van der Waals surface area contributed by atoms with Crippen molar-refractivity contribution in [1.29, 1.82) is 0 Å². The van der Waals surface area contributed by atoms with Crippen LogP contribution in [0.4, 0.5) is 5.69 Å². The average Bonchev–Trinajstić information content (AvgIpc) is 2.74. The predicted molar refractivity (Wildman–Crippen MR) is 85.3 cm³/mol. The fourth-order valence-electron chi connectivity index (χ4n) is 2.25. The lowest BCUT2D eigenvalue weighted by atomic mass is 10.1. The molecule has 2 aromatic carbocycles. The van der Waals surface area contributed by atoms with Crippen molar-refractivity contribution < 1.29 is 19.1 Å². The van der Waals surface area contributed by atoms with Gasteiger partial charge in [0.2, 0.25) is 0 Å². The summed E-state index contributed by atoms with van der Waals surface area (Å²) in [5.41, 5.74) is 2.20. The summed E-state index contributed by atoms with van der Waals surface area (Å²) < 4.78 is 10.2. The van der Waals surface area contributed by atoms with E-state index in [2.05, 4.69) is 5.32 Å². The van der Waals surface area contributed by atoms with Gasteiger partial charge in [0.1, 0.15) is 18.1 Å². The molecule has 0 fully saturated rings. The van der Waals surface area contributed by atoms with Gasteiger partial charge in [0.05, 0.1) is 7.11 Å². The van der Waals surface area contributed by atoms with Gasteiger partial charge in [-0.2, -0.15) is 0 Å². The number of rotatable bonds is 3. The van der Waals surface area contributed by atoms with Crippen LogP contribution in [0.5, 0.6) is 5.75 Å². The van der Waals surface area contributed by atoms with Crippen LogP contribution in [-0.2, 0) is 16.1 Å². The molecular weight excluding hydrogens is 294 g/mol. The van der Waals surface area contributed by atoms with Crippen molar-refractivity contribution in [2.45, 2.75) is 6.61 Å². The molecule has 0 amide bonds. The molecule has 23 heavy (non-hydrogen) atoms. The first-order valence-corrected chi connectivity index (χ1v) is 7.09. The smallest absolute Gasteiger partial charge is 0.355 e. The zero-order valence-corrected chi connectivity index (χ0v) is 12.5. The Morgan fingerprint density at radius 3 is 2.65 bits per heavy atom. The molecule has 0 saturated carbocycles. The number of ketones is 1. The molecule has 5 heteroatoms. The van der Waals surface area contributed by atoms with Crippen LogP contribution in [0, 0.1) is 0 Å². The number of allylic oxidation sites excluding steroid dienone is 1. The first kappa shape index (κ1) is 14.8. The molecule has 0 aliphatic carbocycles. The van der Waals surface area contributed by atoms with Crippen molar-refractivity contribution in [2.24, 2.45) is 0 Å². The lowest BCUT2D eigenvalue weighted by molar-refractivity contribution is -0.139. The Morgan fingerprint density at radius 1 is 1.17 bits per heavy atom. The van der Waals surface area contributed by atoms with E-state index < -0.39 is 5.97 Å². The summed E-state index contributed by atoms with van der Waals surface area (Å²) in [5, 5.41) is 2.97. The summed E-state index contributed by atoms with van der Waals surface area (Å²) in [4.78, 5) is 24.3. The number of fused-ring (bicyclic) bond motifs is 1. The second kappa shape index (κ2) is 6.36. The Labute approximate surface area is 133 Å². The van der Waals surface area contributed by atoms with Crippen molar-refractivity contribution in [3.05, 3.63) is 71.4 Å². The molecule has 0 atom stereocenters. The number of nitrogens with one attached hydrogen (secondary N) is 1. The third kappa shape index (κ3) is 3.23. The number of ether oxygens (including phenoxy) is 2. The van der Waals surface area contributed by atoms with Crippen LogP contribution in [0.15, 0.2) is 60.3 Å². The summed E-state index contributed by atoms with van der Waals surface area (Å²) in [7, 11) is 1.56. The molecule has 0 unspecified atom stereocenters. The third-order valence-corrected chi connectivity index (χ3v) is 3.52. The van der Waals surface area contributed by atoms with Crippen molar-refractivity contribution in [3.8, 4) is 5.75 Å². The molecule has 0 bridgehead atoms. The summed E-state index contributed by atoms with van der Waals surface area (Å²) in [6.45, 7) is 0.177. The van der Waals surface area contributed by atoms with Crippen LogP contribution in [0.3, 0.4) is 0 Å². The quantitative estimate of drug-likeness (QED) is 0.536. The van der Waals surface area contributed by atoms with Gasteiger partial charge in [-0.25, -0.2) is 4.79 Å². The summed E-state index contributed by atoms with van der Waals surface area (Å²) in [5.74, 6) is -0.176. The Balaban J connectivity index is 1.87. The lowest BCUT2D eigenvalue weighted by Crippen LogP contribution is -2.13. The van der Waals surface area contributed by atoms with Gasteiger partial charge < -0.3 is 14.8 Å². The monoisotopic (exact) mass is 309 g/mol. The largest absolute Gasteiger partial charge is 0.497 e. The van der Waals surface area contributed by atoms with E-state index in [9.17, 15) is 9.59 Å². The van der Waals surface area contributed by atoms with Crippen molar-refractivity contribution in [3.63, 3.8) is 0 Å². The van der Waals surface area contributed by atoms with E-state index >= 15 is 0 Å². The normalized spacial score (nSPS) is 15.2. The lowest BCUT2D eigenvalue weighted by Gasteiger charge is -2.06. The molecule has 1 aliphatic rings. The van der Waals surface area contributed by atoms with Crippen molar-refractivity contribution in [1.82, 2.24) is 0 Å². The Kier molecular flexibility index (Phi) is 4.10. The van der Waals surface area contributed by atoms with Crippen LogP contribution in [0.25, 0.3) is 0 Å². The minimum atomic E-state index is -0.553. The molecule has 0 radical (unpaired) electrons. The van der Waals surface area contributed by atoms with E-state index in [-0.39, 0.29) is 18.1 Å². The second-order valence-electron chi connectivity index (χ2n) is 5.01. The molecule has 5 nitrogen and oxygen atoms in total. The van der Waals surface area contributed by atoms with Gasteiger partial charge >= 0.3 is 5.97 Å². The molecule has 116 valence electrons. The number of methoxy groups -OCH3 is 1. The highest BCUT2D eigenvalue weighted by Crippen LogP contribution is 2.22. The SMILES string of the molecule is COc1ccc(C(=O)/C=C2\Nc3ccccc3COC2=O)cc1. The van der Waals surface area contributed by atoms with E-state index in [1.165, 1.54) is 6.08 Å². The Bertz CT molecular complexity index is 778. The van der Waals surface area contributed by atoms with Gasteiger partial charge in [0, 0.05) is 22.9 Å². The summed E-state index contributed by atoms with van der Waals surface area (Å²) >= 11 is 0. The van der Waals surface area contributed by atoms with Gasteiger partial charge in [-0.05, 0) is 30.3 Å². The van der Waals surface area contributed by atoms with E-state index in [4.69, 9.17) is 9.47 Å². The standard InChI is InChI=1S/C18H15NO4/c1-22-14-8-6-12(7-9-14)17(20)10-16-18(21)23-11-13-4-2-3-5-15(13)19-16/h2-10,19H,11H2,1H3/b16-10-. The average molecular weight is 309 g/mol. The molecule has 1 aliphatic heterocycles. The van der Waals surface area contributed by atoms with Crippen LogP contribution in [0.2, 0.25) is 0 Å². The molecular formula is C18H15NO4. The highest BCUT2D eigenvalue weighted by Gasteiger charge is 2.19. The van der Waals surface area contributed by atoms with Crippen LogP contribution in [-0.4, -0.2) is 18.9 Å². The molecule has 3 rings (SSSR count). The van der Waals surface area contributed by atoms with Gasteiger partial charge in [-0.15, -0.1) is 0 Å². The van der Waals surface area contributed by atoms with E-state index in [1.54, 1.807) is 31.4 Å². The Morgan fingerprint density at radius 2 is 1.91 bits per heavy atom. The number of carbonyl (C=O) groups is 2. The summed E-state index contributed by atoms with van der Waals surface area (Å²) in [6, 6.07) is 14.1. The van der Waals surface area contributed by atoms with Gasteiger partial charge in [-0.1, -0.05) is 18.2 Å². The minimum absolute atomic E-state index is 0.121. The number of carbonyl (C=O) groups excluding carboxylic acids is 2. The zero-order valence-electron chi connectivity index (χ0n) is 12.5. The van der Waals surface area contributed by atoms with Crippen LogP contribution < -0.4 is 10.1 Å². The highest BCUT2D eigenvalue weighted by atomic mass is 16.5. The number of hydrogen-bond donors (Lipinski definition) is 1. The summed E-state index contributed by atoms with van der Waals surface area (Å²) in [6.07, 6.45) is 1.26. The molecule has 0 spiro atoms. The van der Waals surface area contributed by atoms with Gasteiger partial charge in [0.25, 0.3) is 0 Å². The van der Waals surface area contributed by atoms with Crippen LogP contribution >= 0.6 is 0 Å². The van der Waals surface area contributed by atoms with Gasteiger partial charge in [0.15, 0.2) is 5.78 Å². The second-order valence-corrected chi connectivity index (χ2v) is 5.01. The first-order chi connectivity index (χ1) is 11.2. The number of esters is 1. The molecule has 0 aromatic heterocycles. The van der Waals surface area contributed by atoms with Crippen molar-refractivity contribution in [2.75, 3.05) is 12.4 Å². The van der Waals surface area contributed by atoms with E-state index in [0.29, 0.717) is 11.3 Å². The number of hydrogen-bond acceptors (Lipinski definition) is 5. The predicted octanol–water partition coefficient (Wildman–Crippen LogP) is 2.93. The maximum atomic E-state index is 12.3. The fraction of sp³-hybridized carbons (Fsp3) is 0.111. The maximum Gasteiger partial charge on any atom is 0.355 e. The van der Waals surface area contributed by atoms with E-state index in [1.807, 2.05) is 24.3 Å². The third-order valence-electron chi connectivity index (χ3n) is 3.52. The van der Waals surface area contributed by atoms with E-state index in [0.717, 1.165) is 11.3 Å². The number of anilines is 1. The maximum absolute atomic E-state index is 12.3. The number of cyclic esters (lactones) is 1. The minimum Gasteiger partial charge on any atom is -0.497 e. The van der Waals surface area contributed by atoms with Crippen LogP contribution in [0.1, 0.15) is 15.9 Å². The number of para-hydroxylation sites is 1. The topological polar surface area (TPSA) is 64.6 Å². The molecule has 1 N–H and O–H groups in total. The Hall–Kier alpha value is -3.08. The zero-order chi connectivity index (χ0) is 16.2.